The lowest BCUT2D eigenvalue weighted by atomic mass is 10.2. The van der Waals surface area contributed by atoms with E-state index in [4.69, 9.17) is 9.26 Å². The van der Waals surface area contributed by atoms with Gasteiger partial charge in [0.1, 0.15) is 11.9 Å². The number of pyridine rings is 1. The fraction of sp³-hybridized carbons (Fsp3) is 0.357. The minimum atomic E-state index is -0.415. The molecule has 1 aliphatic heterocycles. The van der Waals surface area contributed by atoms with Crippen LogP contribution in [-0.4, -0.2) is 49.8 Å². The summed E-state index contributed by atoms with van der Waals surface area (Å²) in [6.07, 6.45) is 3.97. The molecule has 0 aliphatic carbocycles. The molecule has 3 aromatic heterocycles. The van der Waals surface area contributed by atoms with Gasteiger partial charge in [-0.2, -0.15) is 0 Å². The van der Waals surface area contributed by atoms with E-state index in [9.17, 15) is 4.39 Å². The van der Waals surface area contributed by atoms with E-state index in [1.54, 1.807) is 10.8 Å². The minimum absolute atomic E-state index is 0.273. The van der Waals surface area contributed by atoms with Crippen molar-refractivity contribution in [3.8, 4) is 11.4 Å². The van der Waals surface area contributed by atoms with Gasteiger partial charge in [-0.05, 0) is 6.07 Å². The number of halogens is 1. The topological polar surface area (TPSA) is 95.0 Å². The SMILES string of the molecule is Cn1c(-c2cncc(F)c2)nnc1N1CCOC(c2cnno2)C1. The Bertz CT molecular complexity index is 836. The highest BCUT2D eigenvalue weighted by Gasteiger charge is 2.28. The molecule has 4 heterocycles. The van der Waals surface area contributed by atoms with Crippen LogP contribution in [0.5, 0.6) is 0 Å². The predicted molar refractivity (Wildman–Crippen MR) is 79.4 cm³/mol. The summed E-state index contributed by atoms with van der Waals surface area (Å²) in [5.41, 5.74) is 0.570. The van der Waals surface area contributed by atoms with Crippen molar-refractivity contribution in [3.05, 3.63) is 36.2 Å². The highest BCUT2D eigenvalue weighted by Crippen LogP contribution is 2.26. The van der Waals surface area contributed by atoms with Gasteiger partial charge in [0.25, 0.3) is 0 Å². The van der Waals surface area contributed by atoms with Crippen molar-refractivity contribution in [2.45, 2.75) is 6.10 Å². The number of anilines is 1. The van der Waals surface area contributed by atoms with Gasteiger partial charge in [0.2, 0.25) is 5.95 Å². The largest absolute Gasteiger partial charge is 0.366 e. The summed E-state index contributed by atoms with van der Waals surface area (Å²) in [7, 11) is 1.83. The molecule has 0 N–H and O–H groups in total. The van der Waals surface area contributed by atoms with E-state index >= 15 is 0 Å². The fourth-order valence-electron chi connectivity index (χ4n) is 2.70. The van der Waals surface area contributed by atoms with Crippen molar-refractivity contribution in [3.63, 3.8) is 0 Å². The number of morpholine rings is 1. The third-order valence-corrected chi connectivity index (χ3v) is 3.86. The van der Waals surface area contributed by atoms with Crippen LogP contribution in [-0.2, 0) is 11.8 Å². The predicted octanol–water partition coefficient (Wildman–Crippen LogP) is 0.977. The molecule has 10 heteroatoms. The van der Waals surface area contributed by atoms with Crippen molar-refractivity contribution in [1.29, 1.82) is 0 Å². The smallest absolute Gasteiger partial charge is 0.227 e. The molecule has 1 aliphatic rings. The zero-order valence-corrected chi connectivity index (χ0v) is 12.8. The van der Waals surface area contributed by atoms with Gasteiger partial charge < -0.3 is 14.2 Å². The second-order valence-corrected chi connectivity index (χ2v) is 5.40. The van der Waals surface area contributed by atoms with Gasteiger partial charge in [-0.1, -0.05) is 0 Å². The fourth-order valence-corrected chi connectivity index (χ4v) is 2.70. The Morgan fingerprint density at radius 1 is 1.25 bits per heavy atom. The zero-order valence-electron chi connectivity index (χ0n) is 12.8. The molecule has 3 aromatic rings. The van der Waals surface area contributed by atoms with Crippen molar-refractivity contribution in [2.75, 3.05) is 24.6 Å². The molecule has 0 bridgehead atoms. The van der Waals surface area contributed by atoms with Gasteiger partial charge in [0.05, 0.1) is 25.5 Å². The quantitative estimate of drug-likeness (QED) is 0.701. The molecule has 0 spiro atoms. The van der Waals surface area contributed by atoms with Gasteiger partial charge in [0, 0.05) is 30.6 Å². The first kappa shape index (κ1) is 14.7. The van der Waals surface area contributed by atoms with E-state index in [1.165, 1.54) is 12.3 Å². The number of hydrogen-bond donors (Lipinski definition) is 0. The van der Waals surface area contributed by atoms with Gasteiger partial charge in [-0.15, -0.1) is 15.3 Å². The standard InChI is InChI=1S/C14H14FN7O2/c1-21-13(9-4-10(15)6-16-5-9)18-19-14(21)22-2-3-23-12(8-22)11-7-17-20-24-11/h4-7,12H,2-3,8H2,1H3. The van der Waals surface area contributed by atoms with Crippen LogP contribution >= 0.6 is 0 Å². The van der Waals surface area contributed by atoms with E-state index in [2.05, 4.69) is 25.6 Å². The van der Waals surface area contributed by atoms with Crippen LogP contribution in [0.2, 0.25) is 0 Å². The van der Waals surface area contributed by atoms with Gasteiger partial charge in [0.15, 0.2) is 11.6 Å². The Hall–Kier alpha value is -2.88. The summed E-state index contributed by atoms with van der Waals surface area (Å²) in [4.78, 5) is 5.88. The molecule has 0 saturated carbocycles. The molecular weight excluding hydrogens is 317 g/mol. The van der Waals surface area contributed by atoms with Gasteiger partial charge >= 0.3 is 0 Å². The van der Waals surface area contributed by atoms with Crippen molar-refractivity contribution in [2.24, 2.45) is 7.05 Å². The monoisotopic (exact) mass is 331 g/mol. The highest BCUT2D eigenvalue weighted by atomic mass is 19.1. The third-order valence-electron chi connectivity index (χ3n) is 3.86. The second-order valence-electron chi connectivity index (χ2n) is 5.40. The molecular formula is C14H14FN7O2. The summed E-state index contributed by atoms with van der Waals surface area (Å²) in [6.45, 7) is 1.70. The summed E-state index contributed by atoms with van der Waals surface area (Å²) in [5, 5.41) is 15.5. The van der Waals surface area contributed by atoms with Crippen molar-refractivity contribution < 1.29 is 13.7 Å². The summed E-state index contributed by atoms with van der Waals surface area (Å²) < 4.78 is 25.9. The number of ether oxygens (including phenoxy) is 1. The van der Waals surface area contributed by atoms with E-state index in [0.717, 1.165) is 6.20 Å². The third kappa shape index (κ3) is 2.60. The van der Waals surface area contributed by atoms with Crippen LogP contribution in [0.1, 0.15) is 11.9 Å². The molecule has 0 amide bonds. The van der Waals surface area contributed by atoms with Crippen LogP contribution in [0, 0.1) is 5.82 Å². The molecule has 1 saturated heterocycles. The molecule has 0 radical (unpaired) electrons. The Labute approximate surface area is 136 Å². The molecule has 1 unspecified atom stereocenters. The normalized spacial score (nSPS) is 18.1. The second kappa shape index (κ2) is 5.96. The maximum atomic E-state index is 13.4. The average molecular weight is 331 g/mol. The van der Waals surface area contributed by atoms with Crippen LogP contribution in [0.4, 0.5) is 10.3 Å². The summed E-state index contributed by atoms with van der Waals surface area (Å²) in [6, 6.07) is 1.38. The molecule has 1 atom stereocenters. The Kier molecular flexibility index (Phi) is 3.65. The lowest BCUT2D eigenvalue weighted by Gasteiger charge is -2.31. The van der Waals surface area contributed by atoms with E-state index in [-0.39, 0.29) is 6.10 Å². The number of hydrogen-bond acceptors (Lipinski definition) is 8. The van der Waals surface area contributed by atoms with E-state index in [0.29, 0.717) is 42.8 Å². The van der Waals surface area contributed by atoms with Crippen LogP contribution in [0.15, 0.2) is 29.2 Å². The zero-order chi connectivity index (χ0) is 16.5. The first-order valence-corrected chi connectivity index (χ1v) is 7.36. The summed E-state index contributed by atoms with van der Waals surface area (Å²) in [5.74, 6) is 1.36. The van der Waals surface area contributed by atoms with Crippen molar-refractivity contribution in [1.82, 2.24) is 30.1 Å². The number of rotatable bonds is 3. The molecule has 124 valence electrons. The number of nitrogens with zero attached hydrogens (tertiary/aromatic N) is 7. The Morgan fingerprint density at radius 2 is 2.17 bits per heavy atom. The Balaban J connectivity index is 1.61. The molecule has 4 rings (SSSR count). The molecule has 1 fully saturated rings. The maximum Gasteiger partial charge on any atom is 0.227 e. The Morgan fingerprint density at radius 3 is 2.96 bits per heavy atom. The lowest BCUT2D eigenvalue weighted by Crippen LogP contribution is -2.39. The summed E-state index contributed by atoms with van der Waals surface area (Å²) >= 11 is 0. The first-order chi connectivity index (χ1) is 11.7. The van der Waals surface area contributed by atoms with E-state index < -0.39 is 5.82 Å². The maximum absolute atomic E-state index is 13.4. The van der Waals surface area contributed by atoms with E-state index in [1.807, 2.05) is 11.9 Å². The van der Waals surface area contributed by atoms with Gasteiger partial charge in [-0.25, -0.2) is 4.39 Å². The molecule has 24 heavy (non-hydrogen) atoms. The van der Waals surface area contributed by atoms with Crippen LogP contribution in [0.3, 0.4) is 0 Å². The number of aromatic nitrogens is 6. The van der Waals surface area contributed by atoms with Crippen molar-refractivity contribution >= 4 is 5.95 Å². The highest BCUT2D eigenvalue weighted by molar-refractivity contribution is 5.56. The van der Waals surface area contributed by atoms with Gasteiger partial charge in [-0.3, -0.25) is 9.55 Å². The lowest BCUT2D eigenvalue weighted by molar-refractivity contribution is 0.0212. The average Bonchev–Trinajstić information content (AvgIpc) is 3.25. The molecule has 9 nitrogen and oxygen atoms in total. The molecule has 0 aromatic carbocycles. The van der Waals surface area contributed by atoms with Crippen LogP contribution < -0.4 is 4.90 Å². The van der Waals surface area contributed by atoms with Crippen LogP contribution in [0.25, 0.3) is 11.4 Å². The minimum Gasteiger partial charge on any atom is -0.366 e. The first-order valence-electron chi connectivity index (χ1n) is 7.36.